The maximum Gasteiger partial charge on any atom is 0.271 e. The van der Waals surface area contributed by atoms with Crippen molar-refractivity contribution in [2.75, 3.05) is 39.5 Å². The molecule has 2 aliphatic rings. The van der Waals surface area contributed by atoms with Crippen LogP contribution in [0.5, 0.6) is 11.5 Å². The van der Waals surface area contributed by atoms with Crippen LogP contribution in [0.3, 0.4) is 0 Å². The summed E-state index contributed by atoms with van der Waals surface area (Å²) in [6.07, 6.45) is 3.32. The van der Waals surface area contributed by atoms with Crippen LogP contribution in [0.15, 0.2) is 89.0 Å². The van der Waals surface area contributed by atoms with Crippen molar-refractivity contribution in [3.63, 3.8) is 0 Å². The number of carbonyl (C=O) groups excluding carboxylic acids is 1. The summed E-state index contributed by atoms with van der Waals surface area (Å²) in [6, 6.07) is 21.1. The zero-order valence-corrected chi connectivity index (χ0v) is 22.8. The van der Waals surface area contributed by atoms with Gasteiger partial charge >= 0.3 is 0 Å². The average molecular weight is 574 g/mol. The number of amides is 1. The maximum atomic E-state index is 13.0. The van der Waals surface area contributed by atoms with E-state index in [-0.39, 0.29) is 23.5 Å². The number of hydrazone groups is 1. The Bertz CT molecular complexity index is 1700. The van der Waals surface area contributed by atoms with E-state index in [4.69, 9.17) is 19.3 Å². The number of morpholine rings is 1. The predicted octanol–water partition coefficient (Wildman–Crippen LogP) is 3.10. The molecule has 1 saturated heterocycles. The summed E-state index contributed by atoms with van der Waals surface area (Å²) < 4.78 is 45.8. The third-order valence-corrected chi connectivity index (χ3v) is 8.55. The van der Waals surface area contributed by atoms with Crippen LogP contribution in [-0.2, 0) is 14.8 Å². The highest BCUT2D eigenvalue weighted by molar-refractivity contribution is 7.89. The quantitative estimate of drug-likeness (QED) is 0.266. The highest BCUT2D eigenvalue weighted by atomic mass is 32.2. The molecule has 0 unspecified atom stereocenters. The monoisotopic (exact) mass is 573 g/mol. The zero-order valence-electron chi connectivity index (χ0n) is 22.0. The molecule has 11 nitrogen and oxygen atoms in total. The van der Waals surface area contributed by atoms with Gasteiger partial charge in [0.25, 0.3) is 5.91 Å². The standard InChI is InChI=1S/C29H27N5O6S/c35-29(22-5-4-8-25(17-22)41(36,37)33-11-13-38-14-12-33)31-30-19-23-20-34(24-6-2-1-3-7-24)32-28(23)21-9-10-26-27(18-21)40-16-15-39-26/h1-10,17-20H,11-16H2,(H,31,35). The van der Waals surface area contributed by atoms with E-state index in [2.05, 4.69) is 10.5 Å². The Labute approximate surface area is 237 Å². The summed E-state index contributed by atoms with van der Waals surface area (Å²) in [6.45, 7) is 2.17. The third-order valence-electron chi connectivity index (χ3n) is 6.65. The van der Waals surface area contributed by atoms with Gasteiger partial charge in [0.2, 0.25) is 10.0 Å². The number of nitrogens with zero attached hydrogens (tertiary/aromatic N) is 4. The molecule has 1 aromatic heterocycles. The van der Waals surface area contributed by atoms with Gasteiger partial charge in [-0.3, -0.25) is 4.79 Å². The van der Waals surface area contributed by atoms with E-state index in [9.17, 15) is 13.2 Å². The molecule has 4 aromatic rings. The number of para-hydroxylation sites is 1. The number of sulfonamides is 1. The lowest BCUT2D eigenvalue weighted by Gasteiger charge is -2.26. The first-order chi connectivity index (χ1) is 20.0. The van der Waals surface area contributed by atoms with Crippen LogP contribution in [0.25, 0.3) is 16.9 Å². The van der Waals surface area contributed by atoms with E-state index >= 15 is 0 Å². The fourth-order valence-corrected chi connectivity index (χ4v) is 6.02. The van der Waals surface area contributed by atoms with Crippen LogP contribution in [0, 0.1) is 0 Å². The first-order valence-electron chi connectivity index (χ1n) is 13.1. The van der Waals surface area contributed by atoms with E-state index < -0.39 is 15.9 Å². The highest BCUT2D eigenvalue weighted by Crippen LogP contribution is 2.35. The fraction of sp³-hybridized carbons (Fsp3) is 0.207. The number of carbonyl (C=O) groups is 1. The van der Waals surface area contributed by atoms with Crippen molar-refractivity contribution in [3.8, 4) is 28.4 Å². The van der Waals surface area contributed by atoms with Gasteiger partial charge in [0.05, 0.1) is 30.0 Å². The molecule has 1 amide bonds. The lowest BCUT2D eigenvalue weighted by molar-refractivity contribution is 0.0730. The summed E-state index contributed by atoms with van der Waals surface area (Å²) in [5.74, 6) is 0.755. The second kappa shape index (κ2) is 11.5. The van der Waals surface area contributed by atoms with Crippen molar-refractivity contribution >= 4 is 22.1 Å². The van der Waals surface area contributed by atoms with Gasteiger partial charge in [-0.05, 0) is 48.5 Å². The lowest BCUT2D eigenvalue weighted by Crippen LogP contribution is -2.40. The van der Waals surface area contributed by atoms with Crippen LogP contribution in [0.4, 0.5) is 0 Å². The Morgan fingerprint density at radius 1 is 0.902 bits per heavy atom. The number of aromatic nitrogens is 2. The van der Waals surface area contributed by atoms with Crippen LogP contribution in [0.1, 0.15) is 15.9 Å². The van der Waals surface area contributed by atoms with Crippen molar-refractivity contribution in [3.05, 3.63) is 90.1 Å². The molecule has 1 N–H and O–H groups in total. The molecule has 0 saturated carbocycles. The smallest absolute Gasteiger partial charge is 0.271 e. The van der Waals surface area contributed by atoms with E-state index in [0.29, 0.717) is 49.2 Å². The van der Waals surface area contributed by atoms with Crippen molar-refractivity contribution in [1.29, 1.82) is 0 Å². The van der Waals surface area contributed by atoms with Crippen molar-refractivity contribution in [2.24, 2.45) is 5.10 Å². The number of ether oxygens (including phenoxy) is 3. The molecule has 3 aromatic carbocycles. The summed E-state index contributed by atoms with van der Waals surface area (Å²) in [4.78, 5) is 13.0. The first-order valence-corrected chi connectivity index (χ1v) is 14.5. The van der Waals surface area contributed by atoms with Gasteiger partial charge in [-0.1, -0.05) is 24.3 Å². The van der Waals surface area contributed by atoms with Crippen LogP contribution in [0.2, 0.25) is 0 Å². The maximum absolute atomic E-state index is 13.0. The molecule has 12 heteroatoms. The molecule has 3 heterocycles. The SMILES string of the molecule is O=C(NN=Cc1cn(-c2ccccc2)nc1-c1ccc2c(c1)OCCO2)c1cccc(S(=O)(=O)N2CCOCC2)c1. The number of hydrogen-bond acceptors (Lipinski definition) is 8. The molecule has 2 aliphatic heterocycles. The molecule has 210 valence electrons. The van der Waals surface area contributed by atoms with Crippen LogP contribution >= 0.6 is 0 Å². The predicted molar refractivity (Wildman–Crippen MR) is 151 cm³/mol. The van der Waals surface area contributed by atoms with E-state index in [1.807, 2.05) is 54.7 Å². The Hall–Kier alpha value is -4.52. The Balaban J connectivity index is 1.25. The summed E-state index contributed by atoms with van der Waals surface area (Å²) in [5.41, 5.74) is 5.59. The number of hydrogen-bond donors (Lipinski definition) is 1. The van der Waals surface area contributed by atoms with E-state index in [1.54, 1.807) is 4.68 Å². The number of nitrogens with one attached hydrogen (secondary N) is 1. The molecule has 6 rings (SSSR count). The minimum Gasteiger partial charge on any atom is -0.486 e. The summed E-state index contributed by atoms with van der Waals surface area (Å²) in [5, 5.41) is 8.94. The second-order valence-electron chi connectivity index (χ2n) is 9.32. The van der Waals surface area contributed by atoms with Crippen molar-refractivity contribution in [2.45, 2.75) is 4.90 Å². The lowest BCUT2D eigenvalue weighted by atomic mass is 10.1. The molecule has 1 fully saturated rings. The molecule has 41 heavy (non-hydrogen) atoms. The first kappa shape index (κ1) is 26.7. The van der Waals surface area contributed by atoms with Crippen molar-refractivity contribution in [1.82, 2.24) is 19.5 Å². The van der Waals surface area contributed by atoms with Gasteiger partial charge in [0, 0.05) is 36.0 Å². The number of fused-ring (bicyclic) bond motifs is 1. The Kier molecular flexibility index (Phi) is 7.51. The number of rotatable bonds is 7. The van der Waals surface area contributed by atoms with Gasteiger partial charge in [0.15, 0.2) is 11.5 Å². The normalized spacial score (nSPS) is 15.6. The molecule has 0 atom stereocenters. The van der Waals surface area contributed by atoms with Gasteiger partial charge in [-0.2, -0.15) is 14.5 Å². The second-order valence-corrected chi connectivity index (χ2v) is 11.3. The minimum atomic E-state index is -3.74. The van der Waals surface area contributed by atoms with E-state index in [1.165, 1.54) is 34.8 Å². The highest BCUT2D eigenvalue weighted by Gasteiger charge is 2.27. The summed E-state index contributed by atoms with van der Waals surface area (Å²) >= 11 is 0. The Morgan fingerprint density at radius 3 is 2.49 bits per heavy atom. The van der Waals surface area contributed by atoms with Crippen LogP contribution < -0.4 is 14.9 Å². The largest absolute Gasteiger partial charge is 0.486 e. The molecule has 0 spiro atoms. The van der Waals surface area contributed by atoms with Gasteiger partial charge < -0.3 is 14.2 Å². The van der Waals surface area contributed by atoms with Gasteiger partial charge in [-0.25, -0.2) is 18.5 Å². The third kappa shape index (κ3) is 5.71. The summed E-state index contributed by atoms with van der Waals surface area (Å²) in [7, 11) is -3.74. The molecule has 0 bridgehead atoms. The van der Waals surface area contributed by atoms with Gasteiger partial charge in [0.1, 0.15) is 18.9 Å². The van der Waals surface area contributed by atoms with Crippen molar-refractivity contribution < 1.29 is 27.4 Å². The molecule has 0 aliphatic carbocycles. The average Bonchev–Trinajstić information content (AvgIpc) is 3.46. The van der Waals surface area contributed by atoms with E-state index in [0.717, 1.165) is 11.3 Å². The fourth-order valence-electron chi connectivity index (χ4n) is 4.57. The van der Waals surface area contributed by atoms with Crippen LogP contribution in [-0.4, -0.2) is 74.1 Å². The Morgan fingerprint density at radius 2 is 1.68 bits per heavy atom. The zero-order chi connectivity index (χ0) is 28.2. The molecular weight excluding hydrogens is 546 g/mol. The molecule has 0 radical (unpaired) electrons. The topological polar surface area (TPSA) is 124 Å². The van der Waals surface area contributed by atoms with Gasteiger partial charge in [-0.15, -0.1) is 0 Å². The number of benzene rings is 3. The molecular formula is C29H27N5O6S. The minimum absolute atomic E-state index is 0.0426.